The van der Waals surface area contributed by atoms with Crippen molar-refractivity contribution in [3.05, 3.63) is 52.1 Å². The number of aryl methyl sites for hydroxylation is 1. The molecule has 14 heteroatoms. The fourth-order valence-electron chi connectivity index (χ4n) is 4.88. The van der Waals surface area contributed by atoms with Gasteiger partial charge in [-0.2, -0.15) is 0 Å². The van der Waals surface area contributed by atoms with E-state index in [2.05, 4.69) is 0 Å². The largest absolute Gasteiger partial charge is 0.508 e. The molecule has 0 saturated carbocycles. The van der Waals surface area contributed by atoms with E-state index in [9.17, 15) is 50.4 Å². The lowest BCUT2D eigenvalue weighted by Gasteiger charge is -2.41. The number of hydrogen-bond donors (Lipinski definition) is 8. The smallest absolute Gasteiger partial charge is 0.229 e. The predicted octanol–water partition coefficient (Wildman–Crippen LogP) is -2.18. The quantitative estimate of drug-likeness (QED) is 0.165. The molecule has 14 nitrogen and oxygen atoms in total. The van der Waals surface area contributed by atoms with Gasteiger partial charge in [0.15, 0.2) is 12.1 Å². The molecule has 0 radical (unpaired) electrons. The Morgan fingerprint density at radius 3 is 2.25 bits per heavy atom. The third-order valence-corrected chi connectivity index (χ3v) is 7.20. The maximum atomic E-state index is 13.5. The molecular weight excluding hydrogens is 536 g/mol. The van der Waals surface area contributed by atoms with Gasteiger partial charge in [-0.1, -0.05) is 6.07 Å². The van der Waals surface area contributed by atoms with E-state index < -0.39 is 90.7 Å². The van der Waals surface area contributed by atoms with Crippen molar-refractivity contribution >= 4 is 11.6 Å². The summed E-state index contributed by atoms with van der Waals surface area (Å²) in [6, 6.07) is 4.88. The molecular formula is C26H28O14. The molecule has 2 heterocycles. The molecule has 0 amide bonds. The summed E-state index contributed by atoms with van der Waals surface area (Å²) in [6.07, 6.45) is -14.6. The first kappa shape index (κ1) is 28.4. The SMILES string of the molecule is Cc1ccc2c(c1O)C(=O)c1c(OC3OC(COC4OCC(O)C(O)C4O)C(O)C(O)C3O)cc(O)cc1C2=O. The van der Waals surface area contributed by atoms with Crippen molar-refractivity contribution in [3.8, 4) is 17.2 Å². The highest BCUT2D eigenvalue weighted by molar-refractivity contribution is 6.30. The van der Waals surface area contributed by atoms with Gasteiger partial charge in [0.25, 0.3) is 0 Å². The lowest BCUT2D eigenvalue weighted by molar-refractivity contribution is -0.307. The third-order valence-electron chi connectivity index (χ3n) is 7.20. The standard InChI is InChI=1S/C26H28O14/c1-8-2-3-10-16(17(8)29)21(33)15-11(18(10)30)4-9(27)5-13(15)39-26-24(36)22(34)20(32)14(40-26)7-38-25-23(35)19(31)12(28)6-37-25/h2-5,12,14,19-20,22-29,31-32,34-36H,6-7H2,1H3. The van der Waals surface area contributed by atoms with E-state index >= 15 is 0 Å². The van der Waals surface area contributed by atoms with E-state index in [-0.39, 0.29) is 28.9 Å². The highest BCUT2D eigenvalue weighted by Gasteiger charge is 2.47. The average molecular weight is 564 g/mol. The molecule has 40 heavy (non-hydrogen) atoms. The van der Waals surface area contributed by atoms with Gasteiger partial charge < -0.3 is 59.8 Å². The number of carbonyl (C=O) groups is 2. The minimum atomic E-state index is -1.88. The van der Waals surface area contributed by atoms with Crippen LogP contribution in [-0.4, -0.2) is 121 Å². The molecule has 0 bridgehead atoms. The van der Waals surface area contributed by atoms with Gasteiger partial charge in [-0.15, -0.1) is 0 Å². The summed E-state index contributed by atoms with van der Waals surface area (Å²) in [7, 11) is 0. The molecule has 1 aliphatic carbocycles. The zero-order chi connectivity index (χ0) is 29.0. The van der Waals surface area contributed by atoms with E-state index in [1.807, 2.05) is 0 Å². The zero-order valence-electron chi connectivity index (χ0n) is 20.9. The Balaban J connectivity index is 1.40. The molecule has 0 aromatic heterocycles. The van der Waals surface area contributed by atoms with Crippen molar-refractivity contribution in [2.75, 3.05) is 13.2 Å². The molecule has 2 fully saturated rings. The van der Waals surface area contributed by atoms with Crippen LogP contribution in [0.1, 0.15) is 37.4 Å². The number of aliphatic hydroxyl groups excluding tert-OH is 6. The number of carbonyl (C=O) groups excluding carboxylic acids is 2. The summed E-state index contributed by atoms with van der Waals surface area (Å²) in [6.45, 7) is 0.640. The van der Waals surface area contributed by atoms with E-state index in [1.165, 1.54) is 12.1 Å². The fourth-order valence-corrected chi connectivity index (χ4v) is 4.88. The van der Waals surface area contributed by atoms with Crippen molar-refractivity contribution in [1.29, 1.82) is 0 Å². The van der Waals surface area contributed by atoms with Crippen LogP contribution in [0.2, 0.25) is 0 Å². The van der Waals surface area contributed by atoms with Gasteiger partial charge in [-0.25, -0.2) is 0 Å². The first-order valence-electron chi connectivity index (χ1n) is 12.3. The number of ether oxygens (including phenoxy) is 4. The number of aliphatic hydroxyl groups is 6. The van der Waals surface area contributed by atoms with E-state index in [0.717, 1.165) is 12.1 Å². The highest BCUT2D eigenvalue weighted by atomic mass is 16.7. The second-order valence-corrected chi connectivity index (χ2v) is 9.89. The van der Waals surface area contributed by atoms with Crippen molar-refractivity contribution in [1.82, 2.24) is 0 Å². The van der Waals surface area contributed by atoms with E-state index in [4.69, 9.17) is 18.9 Å². The molecule has 8 N–H and O–H groups in total. The van der Waals surface area contributed by atoms with Gasteiger partial charge in [-0.05, 0) is 24.6 Å². The zero-order valence-corrected chi connectivity index (χ0v) is 20.9. The second kappa shape index (κ2) is 10.7. The average Bonchev–Trinajstić information content (AvgIpc) is 2.92. The van der Waals surface area contributed by atoms with Crippen LogP contribution < -0.4 is 4.74 Å². The summed E-state index contributed by atoms with van der Waals surface area (Å²) >= 11 is 0. The number of rotatable bonds is 5. The molecule has 216 valence electrons. The molecule has 2 aromatic rings. The fraction of sp³-hybridized carbons (Fsp3) is 0.462. The van der Waals surface area contributed by atoms with Gasteiger partial charge in [0.1, 0.15) is 60.0 Å². The molecule has 5 rings (SSSR count). The molecule has 9 atom stereocenters. The summed E-state index contributed by atoms with van der Waals surface area (Å²) in [5, 5.41) is 81.7. The molecule has 2 aromatic carbocycles. The topological polar surface area (TPSA) is 233 Å². The van der Waals surface area contributed by atoms with E-state index in [0.29, 0.717) is 5.56 Å². The molecule has 0 spiro atoms. The van der Waals surface area contributed by atoms with Crippen LogP contribution >= 0.6 is 0 Å². The van der Waals surface area contributed by atoms with Crippen LogP contribution in [-0.2, 0) is 14.2 Å². The molecule has 2 aliphatic heterocycles. The summed E-state index contributed by atoms with van der Waals surface area (Å²) in [5.41, 5.74) is -0.563. The van der Waals surface area contributed by atoms with Gasteiger partial charge >= 0.3 is 0 Å². The molecule has 9 unspecified atom stereocenters. The van der Waals surface area contributed by atoms with Crippen LogP contribution in [0.25, 0.3) is 0 Å². The number of phenolic OH excluding ortho intramolecular Hbond substituents is 2. The number of ketones is 2. The van der Waals surface area contributed by atoms with Gasteiger partial charge in [0, 0.05) is 17.2 Å². The lowest BCUT2D eigenvalue weighted by atomic mass is 9.82. The van der Waals surface area contributed by atoms with Gasteiger partial charge in [0.2, 0.25) is 12.1 Å². The summed E-state index contributed by atoms with van der Waals surface area (Å²) in [5.74, 6) is -2.75. The molecule has 2 saturated heterocycles. The number of fused-ring (bicyclic) bond motifs is 2. The number of benzene rings is 2. The predicted molar refractivity (Wildman–Crippen MR) is 129 cm³/mol. The first-order valence-corrected chi connectivity index (χ1v) is 12.3. The van der Waals surface area contributed by atoms with Crippen molar-refractivity contribution in [2.45, 2.75) is 62.2 Å². The van der Waals surface area contributed by atoms with Crippen LogP contribution in [0, 0.1) is 6.92 Å². The first-order chi connectivity index (χ1) is 18.9. The Bertz CT molecular complexity index is 1330. The normalized spacial score (nSPS) is 33.8. The maximum Gasteiger partial charge on any atom is 0.229 e. The van der Waals surface area contributed by atoms with E-state index in [1.54, 1.807) is 6.92 Å². The minimum absolute atomic E-state index is 0.0772. The van der Waals surface area contributed by atoms with Crippen molar-refractivity contribution in [3.63, 3.8) is 0 Å². The van der Waals surface area contributed by atoms with Gasteiger partial charge in [0.05, 0.1) is 24.3 Å². The van der Waals surface area contributed by atoms with Crippen LogP contribution in [0.4, 0.5) is 0 Å². The van der Waals surface area contributed by atoms with Crippen LogP contribution in [0.15, 0.2) is 24.3 Å². The van der Waals surface area contributed by atoms with Crippen molar-refractivity contribution < 1.29 is 69.4 Å². The number of hydrogen-bond acceptors (Lipinski definition) is 14. The third kappa shape index (κ3) is 4.72. The molecule has 3 aliphatic rings. The Morgan fingerprint density at radius 1 is 0.825 bits per heavy atom. The Labute approximate surface area is 226 Å². The van der Waals surface area contributed by atoms with Crippen LogP contribution in [0.3, 0.4) is 0 Å². The van der Waals surface area contributed by atoms with Crippen molar-refractivity contribution in [2.24, 2.45) is 0 Å². The summed E-state index contributed by atoms with van der Waals surface area (Å²) < 4.78 is 21.8. The summed E-state index contributed by atoms with van der Waals surface area (Å²) in [4.78, 5) is 26.6. The Kier molecular flexibility index (Phi) is 7.56. The van der Waals surface area contributed by atoms with Gasteiger partial charge in [-0.3, -0.25) is 9.59 Å². The second-order valence-electron chi connectivity index (χ2n) is 9.89. The Morgan fingerprint density at radius 2 is 1.52 bits per heavy atom. The number of phenols is 2. The maximum absolute atomic E-state index is 13.5. The number of aromatic hydroxyl groups is 2. The lowest BCUT2D eigenvalue weighted by Crippen LogP contribution is -2.61. The monoisotopic (exact) mass is 564 g/mol. The Hall–Kier alpha value is -3.18. The van der Waals surface area contributed by atoms with Crippen LogP contribution in [0.5, 0.6) is 17.2 Å². The minimum Gasteiger partial charge on any atom is -0.508 e. The highest BCUT2D eigenvalue weighted by Crippen LogP contribution is 2.41.